The van der Waals surface area contributed by atoms with E-state index in [-0.39, 0.29) is 0 Å². The average Bonchev–Trinajstić information content (AvgIpc) is 2.21. The van der Waals surface area contributed by atoms with Crippen molar-refractivity contribution in [2.75, 3.05) is 25.0 Å². The van der Waals surface area contributed by atoms with Gasteiger partial charge in [-0.05, 0) is 44.2 Å². The summed E-state index contributed by atoms with van der Waals surface area (Å²) >= 11 is 0. The van der Waals surface area contributed by atoms with Crippen LogP contribution in [-0.2, 0) is 0 Å². The van der Waals surface area contributed by atoms with E-state index in [1.807, 2.05) is 31.2 Å². The van der Waals surface area contributed by atoms with Crippen LogP contribution < -0.4 is 15.8 Å². The van der Waals surface area contributed by atoms with Gasteiger partial charge in [0.1, 0.15) is 5.75 Å². The first-order chi connectivity index (χ1) is 6.86. The topological polar surface area (TPSA) is 47.3 Å². The molecule has 0 aromatic heterocycles. The lowest BCUT2D eigenvalue weighted by Crippen LogP contribution is -2.08. The Balaban J connectivity index is 2.38. The molecule has 0 unspecified atom stereocenters. The van der Waals surface area contributed by atoms with Crippen LogP contribution in [0, 0.1) is 0 Å². The van der Waals surface area contributed by atoms with Crippen molar-refractivity contribution in [3.63, 3.8) is 0 Å². The van der Waals surface area contributed by atoms with E-state index in [4.69, 9.17) is 10.5 Å². The van der Waals surface area contributed by atoms with Crippen molar-refractivity contribution in [2.24, 2.45) is 5.73 Å². The highest BCUT2D eigenvalue weighted by Crippen LogP contribution is 2.15. The first-order valence-corrected chi connectivity index (χ1v) is 5.03. The molecule has 1 aromatic carbocycles. The molecule has 0 saturated heterocycles. The maximum Gasteiger partial charge on any atom is 0.119 e. The molecule has 0 aliphatic heterocycles. The third-order valence-electron chi connectivity index (χ3n) is 1.88. The van der Waals surface area contributed by atoms with Crippen LogP contribution in [0.4, 0.5) is 5.69 Å². The van der Waals surface area contributed by atoms with Crippen LogP contribution in [-0.4, -0.2) is 19.7 Å². The van der Waals surface area contributed by atoms with Crippen LogP contribution in [0.3, 0.4) is 0 Å². The highest BCUT2D eigenvalue weighted by Gasteiger charge is 1.93. The molecule has 0 radical (unpaired) electrons. The fraction of sp³-hybridized carbons (Fsp3) is 0.455. The van der Waals surface area contributed by atoms with E-state index in [9.17, 15) is 0 Å². The SMILES string of the molecule is CCOc1ccc(NCCCN)cc1. The number of nitrogens with one attached hydrogen (secondary N) is 1. The van der Waals surface area contributed by atoms with E-state index in [0.29, 0.717) is 6.61 Å². The van der Waals surface area contributed by atoms with E-state index in [1.54, 1.807) is 0 Å². The third kappa shape index (κ3) is 3.66. The molecule has 14 heavy (non-hydrogen) atoms. The van der Waals surface area contributed by atoms with Gasteiger partial charge in [0, 0.05) is 12.2 Å². The van der Waals surface area contributed by atoms with Gasteiger partial charge in [-0.3, -0.25) is 0 Å². The number of hydrogen-bond acceptors (Lipinski definition) is 3. The molecule has 0 aliphatic rings. The summed E-state index contributed by atoms with van der Waals surface area (Å²) in [5.74, 6) is 0.914. The van der Waals surface area contributed by atoms with Gasteiger partial charge in [0.15, 0.2) is 0 Å². The molecule has 0 atom stereocenters. The quantitative estimate of drug-likeness (QED) is 0.679. The van der Waals surface area contributed by atoms with Crippen LogP contribution in [0.2, 0.25) is 0 Å². The van der Waals surface area contributed by atoms with Crippen molar-refractivity contribution in [2.45, 2.75) is 13.3 Å². The average molecular weight is 194 g/mol. The Kier molecular flexibility index (Phi) is 4.86. The van der Waals surface area contributed by atoms with Crippen molar-refractivity contribution in [3.05, 3.63) is 24.3 Å². The van der Waals surface area contributed by atoms with Crippen molar-refractivity contribution < 1.29 is 4.74 Å². The number of nitrogens with two attached hydrogens (primary N) is 1. The summed E-state index contributed by atoms with van der Waals surface area (Å²) in [6.07, 6.45) is 0.993. The number of hydrogen-bond donors (Lipinski definition) is 2. The lowest BCUT2D eigenvalue weighted by molar-refractivity contribution is 0.340. The zero-order valence-corrected chi connectivity index (χ0v) is 8.62. The molecule has 0 aliphatic carbocycles. The summed E-state index contributed by atoms with van der Waals surface area (Å²) in [5.41, 5.74) is 6.51. The molecule has 0 fully saturated rings. The van der Waals surface area contributed by atoms with E-state index in [0.717, 1.165) is 30.9 Å². The molecule has 0 spiro atoms. The molecule has 3 nitrogen and oxygen atoms in total. The zero-order valence-electron chi connectivity index (χ0n) is 8.62. The Morgan fingerprint density at radius 1 is 1.29 bits per heavy atom. The van der Waals surface area contributed by atoms with Crippen molar-refractivity contribution >= 4 is 5.69 Å². The molecule has 3 N–H and O–H groups in total. The molecular formula is C11H18N2O. The third-order valence-corrected chi connectivity index (χ3v) is 1.88. The molecule has 0 bridgehead atoms. The summed E-state index contributed by atoms with van der Waals surface area (Å²) in [5, 5.41) is 3.28. The minimum Gasteiger partial charge on any atom is -0.494 e. The van der Waals surface area contributed by atoms with Gasteiger partial charge >= 0.3 is 0 Å². The summed E-state index contributed by atoms with van der Waals surface area (Å²) in [7, 11) is 0. The number of anilines is 1. The van der Waals surface area contributed by atoms with Crippen molar-refractivity contribution in [1.29, 1.82) is 0 Å². The molecule has 1 aromatic rings. The van der Waals surface area contributed by atoms with E-state index in [2.05, 4.69) is 5.32 Å². The van der Waals surface area contributed by atoms with E-state index in [1.165, 1.54) is 0 Å². The summed E-state index contributed by atoms with van der Waals surface area (Å²) < 4.78 is 5.34. The largest absolute Gasteiger partial charge is 0.494 e. The van der Waals surface area contributed by atoms with Crippen LogP contribution in [0.5, 0.6) is 5.75 Å². The van der Waals surface area contributed by atoms with E-state index < -0.39 is 0 Å². The Morgan fingerprint density at radius 2 is 2.00 bits per heavy atom. The lowest BCUT2D eigenvalue weighted by atomic mass is 10.3. The second-order valence-electron chi connectivity index (χ2n) is 3.03. The maximum atomic E-state index is 5.40. The molecule has 3 heteroatoms. The van der Waals surface area contributed by atoms with Gasteiger partial charge in [-0.25, -0.2) is 0 Å². The molecule has 0 amide bonds. The minimum atomic E-state index is 0.708. The second-order valence-corrected chi connectivity index (χ2v) is 3.03. The molecule has 0 heterocycles. The summed E-state index contributed by atoms with van der Waals surface area (Å²) in [6.45, 7) is 4.34. The van der Waals surface area contributed by atoms with Crippen molar-refractivity contribution in [3.8, 4) is 5.75 Å². The van der Waals surface area contributed by atoms with Gasteiger partial charge < -0.3 is 15.8 Å². The van der Waals surface area contributed by atoms with Gasteiger partial charge in [-0.1, -0.05) is 0 Å². The van der Waals surface area contributed by atoms with Crippen LogP contribution in [0.1, 0.15) is 13.3 Å². The number of benzene rings is 1. The van der Waals surface area contributed by atoms with Crippen LogP contribution in [0.25, 0.3) is 0 Å². The summed E-state index contributed by atoms with van der Waals surface area (Å²) in [4.78, 5) is 0. The number of ether oxygens (including phenoxy) is 1. The maximum absolute atomic E-state index is 5.40. The second kappa shape index (κ2) is 6.27. The van der Waals surface area contributed by atoms with Crippen LogP contribution in [0.15, 0.2) is 24.3 Å². The van der Waals surface area contributed by atoms with Crippen molar-refractivity contribution in [1.82, 2.24) is 0 Å². The highest BCUT2D eigenvalue weighted by molar-refractivity contribution is 5.46. The van der Waals surface area contributed by atoms with E-state index >= 15 is 0 Å². The fourth-order valence-corrected chi connectivity index (χ4v) is 1.17. The standard InChI is InChI=1S/C11H18N2O/c1-2-14-11-6-4-10(5-7-11)13-9-3-8-12/h4-7,13H,2-3,8-9,12H2,1H3. The van der Waals surface area contributed by atoms with Gasteiger partial charge in [-0.2, -0.15) is 0 Å². The normalized spacial score (nSPS) is 9.86. The summed E-state index contributed by atoms with van der Waals surface area (Å²) in [6, 6.07) is 7.96. The molecular weight excluding hydrogens is 176 g/mol. The van der Waals surface area contributed by atoms with Crippen LogP contribution >= 0.6 is 0 Å². The first kappa shape index (κ1) is 10.9. The Labute approximate surface area is 85.3 Å². The Morgan fingerprint density at radius 3 is 2.57 bits per heavy atom. The zero-order chi connectivity index (χ0) is 10.2. The molecule has 78 valence electrons. The monoisotopic (exact) mass is 194 g/mol. The highest BCUT2D eigenvalue weighted by atomic mass is 16.5. The minimum absolute atomic E-state index is 0.708. The van der Waals surface area contributed by atoms with Gasteiger partial charge in [0.05, 0.1) is 6.61 Å². The predicted molar refractivity (Wildman–Crippen MR) is 59.8 cm³/mol. The van der Waals surface area contributed by atoms with Gasteiger partial charge in [0.25, 0.3) is 0 Å². The number of rotatable bonds is 6. The predicted octanol–water partition coefficient (Wildman–Crippen LogP) is 1.85. The fourth-order valence-electron chi connectivity index (χ4n) is 1.17. The first-order valence-electron chi connectivity index (χ1n) is 5.03. The van der Waals surface area contributed by atoms with Gasteiger partial charge in [0.2, 0.25) is 0 Å². The smallest absolute Gasteiger partial charge is 0.119 e. The Bertz CT molecular complexity index is 246. The Hall–Kier alpha value is -1.22. The lowest BCUT2D eigenvalue weighted by Gasteiger charge is -2.07. The molecule has 0 saturated carbocycles. The molecule has 1 rings (SSSR count). The van der Waals surface area contributed by atoms with Gasteiger partial charge in [-0.15, -0.1) is 0 Å².